The minimum atomic E-state index is 1.12. The lowest BCUT2D eigenvalue weighted by Crippen LogP contribution is -2.26. The number of aryl methyl sites for hydroxylation is 1. The second-order valence-electron chi connectivity index (χ2n) is 9.81. The van der Waals surface area contributed by atoms with Gasteiger partial charge in [-0.1, -0.05) is 100 Å². The molecule has 0 saturated carbocycles. The van der Waals surface area contributed by atoms with Gasteiger partial charge in [-0.25, -0.2) is 0 Å². The van der Waals surface area contributed by atoms with Crippen LogP contribution in [0.15, 0.2) is 72.8 Å². The van der Waals surface area contributed by atoms with Gasteiger partial charge in [-0.2, -0.15) is 0 Å². The van der Waals surface area contributed by atoms with E-state index in [0.717, 1.165) is 26.2 Å². The molecule has 3 aliphatic heterocycles. The molecule has 0 bridgehead atoms. The Bertz CT molecular complexity index is 1000. The normalized spacial score (nSPS) is 16.3. The molecule has 0 spiro atoms. The highest BCUT2D eigenvalue weighted by Gasteiger charge is 2.13. The van der Waals surface area contributed by atoms with Crippen LogP contribution in [0.1, 0.15) is 67.5 Å². The molecule has 202 valence electrons. The zero-order valence-corrected chi connectivity index (χ0v) is 24.6. The van der Waals surface area contributed by atoms with Crippen molar-refractivity contribution < 1.29 is 0 Å². The first kappa shape index (κ1) is 30.8. The van der Waals surface area contributed by atoms with Crippen molar-refractivity contribution in [3.8, 4) is 0 Å². The quantitative estimate of drug-likeness (QED) is 0.317. The maximum Gasteiger partial charge on any atom is 0.0237 e. The largest absolute Gasteiger partial charge is 0.302 e. The van der Waals surface area contributed by atoms with Crippen LogP contribution in [-0.4, -0.2) is 48.9 Å². The predicted molar refractivity (Wildman–Crippen MR) is 162 cm³/mol. The summed E-state index contributed by atoms with van der Waals surface area (Å²) in [4.78, 5) is 7.08. The SMILES string of the molecule is CC.CC.CN1CCCc2ccccc2C1.CN1CCc2ccccc2C1.CN1Cc2ccccc2C1. The van der Waals surface area contributed by atoms with Crippen LogP contribution in [0, 0.1) is 0 Å². The van der Waals surface area contributed by atoms with E-state index < -0.39 is 0 Å². The van der Waals surface area contributed by atoms with E-state index in [0.29, 0.717) is 0 Å². The van der Waals surface area contributed by atoms with Gasteiger partial charge in [-0.15, -0.1) is 0 Å². The van der Waals surface area contributed by atoms with Crippen LogP contribution in [0.25, 0.3) is 0 Å². The summed E-state index contributed by atoms with van der Waals surface area (Å²) in [5, 5.41) is 0. The monoisotopic (exact) mass is 501 g/mol. The van der Waals surface area contributed by atoms with E-state index in [1.165, 1.54) is 60.2 Å². The third-order valence-electron chi connectivity index (χ3n) is 6.87. The molecule has 3 heterocycles. The Hall–Kier alpha value is -2.46. The van der Waals surface area contributed by atoms with Crippen molar-refractivity contribution in [2.45, 2.75) is 73.1 Å². The lowest BCUT2D eigenvalue weighted by atomic mass is 10.0. The van der Waals surface area contributed by atoms with Gasteiger partial charge in [0, 0.05) is 32.7 Å². The summed E-state index contributed by atoms with van der Waals surface area (Å²) >= 11 is 0. The van der Waals surface area contributed by atoms with E-state index in [4.69, 9.17) is 0 Å². The summed E-state index contributed by atoms with van der Waals surface area (Å²) in [6.07, 6.45) is 3.76. The average Bonchev–Trinajstić information content (AvgIpc) is 3.21. The second-order valence-corrected chi connectivity index (χ2v) is 9.81. The van der Waals surface area contributed by atoms with Gasteiger partial charge in [-0.05, 0) is 80.3 Å². The fourth-order valence-electron chi connectivity index (χ4n) is 5.01. The Labute approximate surface area is 228 Å². The van der Waals surface area contributed by atoms with Crippen molar-refractivity contribution >= 4 is 0 Å². The van der Waals surface area contributed by atoms with Crippen molar-refractivity contribution in [3.63, 3.8) is 0 Å². The first-order chi connectivity index (χ1) is 18.1. The van der Waals surface area contributed by atoms with E-state index >= 15 is 0 Å². The lowest BCUT2D eigenvalue weighted by molar-refractivity contribution is 0.313. The predicted octanol–water partition coefficient (Wildman–Crippen LogP) is 7.42. The molecule has 0 aliphatic carbocycles. The third kappa shape index (κ3) is 10.1. The number of fused-ring (bicyclic) bond motifs is 3. The van der Waals surface area contributed by atoms with E-state index in [9.17, 15) is 0 Å². The second kappa shape index (κ2) is 17.1. The topological polar surface area (TPSA) is 9.72 Å². The molecule has 3 aliphatic rings. The maximum atomic E-state index is 2.39. The molecule has 0 atom stereocenters. The minimum absolute atomic E-state index is 1.12. The molecule has 0 fully saturated rings. The maximum absolute atomic E-state index is 2.39. The van der Waals surface area contributed by atoms with Gasteiger partial charge in [0.25, 0.3) is 0 Å². The van der Waals surface area contributed by atoms with Crippen LogP contribution in [0.5, 0.6) is 0 Å². The van der Waals surface area contributed by atoms with Gasteiger partial charge in [0.05, 0.1) is 0 Å². The summed E-state index contributed by atoms with van der Waals surface area (Å²) in [6, 6.07) is 26.1. The average molecular weight is 502 g/mol. The molecule has 37 heavy (non-hydrogen) atoms. The molecule has 6 rings (SSSR count). The van der Waals surface area contributed by atoms with Crippen molar-refractivity contribution in [3.05, 3.63) is 106 Å². The highest BCUT2D eigenvalue weighted by molar-refractivity contribution is 5.30. The van der Waals surface area contributed by atoms with Crippen molar-refractivity contribution in [2.75, 3.05) is 34.2 Å². The number of benzene rings is 3. The summed E-state index contributed by atoms with van der Waals surface area (Å²) in [5.74, 6) is 0. The molecule has 3 heteroatoms. The van der Waals surface area contributed by atoms with Crippen LogP contribution < -0.4 is 0 Å². The number of nitrogens with zero attached hydrogens (tertiary/aromatic N) is 3. The first-order valence-electron chi connectivity index (χ1n) is 14.3. The third-order valence-corrected chi connectivity index (χ3v) is 6.87. The van der Waals surface area contributed by atoms with Gasteiger partial charge >= 0.3 is 0 Å². The Morgan fingerprint density at radius 3 is 1.19 bits per heavy atom. The summed E-state index contributed by atoms with van der Waals surface area (Å²) < 4.78 is 0. The number of hydrogen-bond acceptors (Lipinski definition) is 3. The Morgan fingerprint density at radius 1 is 0.405 bits per heavy atom. The summed E-state index contributed by atoms with van der Waals surface area (Å²) in [5.41, 5.74) is 9.07. The molecular weight excluding hydrogens is 450 g/mol. The Morgan fingerprint density at radius 2 is 0.730 bits per heavy atom. The van der Waals surface area contributed by atoms with Gasteiger partial charge in [0.2, 0.25) is 0 Å². The molecule has 0 radical (unpaired) electrons. The molecule has 3 aromatic rings. The van der Waals surface area contributed by atoms with Crippen molar-refractivity contribution in [1.29, 1.82) is 0 Å². The lowest BCUT2D eigenvalue weighted by Gasteiger charge is -2.24. The molecule has 3 nitrogen and oxygen atoms in total. The first-order valence-corrected chi connectivity index (χ1v) is 14.3. The van der Waals surface area contributed by atoms with Gasteiger partial charge in [-0.3, -0.25) is 4.90 Å². The van der Waals surface area contributed by atoms with E-state index in [1.54, 1.807) is 5.56 Å². The summed E-state index contributed by atoms with van der Waals surface area (Å²) in [6.45, 7) is 14.9. The fraction of sp³-hybridized carbons (Fsp3) is 0.471. The van der Waals surface area contributed by atoms with Crippen LogP contribution in [0.4, 0.5) is 0 Å². The number of likely N-dealkylation sites (N-methyl/N-ethyl adjacent to an activating group) is 1. The molecule has 0 N–H and O–H groups in total. The minimum Gasteiger partial charge on any atom is -0.302 e. The van der Waals surface area contributed by atoms with Gasteiger partial charge < -0.3 is 9.80 Å². The van der Waals surface area contributed by atoms with Crippen molar-refractivity contribution in [1.82, 2.24) is 14.7 Å². The van der Waals surface area contributed by atoms with Gasteiger partial charge in [0.1, 0.15) is 0 Å². The smallest absolute Gasteiger partial charge is 0.0237 e. The summed E-state index contributed by atoms with van der Waals surface area (Å²) in [7, 11) is 6.53. The van der Waals surface area contributed by atoms with E-state index in [1.807, 2.05) is 27.7 Å². The van der Waals surface area contributed by atoms with E-state index in [-0.39, 0.29) is 0 Å². The Balaban J connectivity index is 0.000000183. The molecule has 0 aromatic heterocycles. The van der Waals surface area contributed by atoms with Crippen LogP contribution in [-0.2, 0) is 39.0 Å². The number of hydrogen-bond donors (Lipinski definition) is 0. The zero-order valence-electron chi connectivity index (χ0n) is 24.6. The van der Waals surface area contributed by atoms with Crippen LogP contribution in [0.2, 0.25) is 0 Å². The van der Waals surface area contributed by atoms with Crippen LogP contribution >= 0.6 is 0 Å². The molecule has 0 amide bonds. The van der Waals surface area contributed by atoms with Crippen molar-refractivity contribution in [2.24, 2.45) is 0 Å². The van der Waals surface area contributed by atoms with Gasteiger partial charge in [0.15, 0.2) is 0 Å². The standard InChI is InChI=1S/C11H15N.C10H13N.C9H11N.2C2H6/c1-12-8-4-7-10-5-2-3-6-11(10)9-12;1-11-7-6-9-4-2-3-5-10(9)8-11;1-10-6-8-4-2-3-5-9(8)7-10;2*1-2/h2-3,5-6H,4,7-9H2,1H3;2-5H,6-8H2,1H3;2-5H,6-7H2,1H3;2*1-2H3. The molecule has 0 saturated heterocycles. The zero-order chi connectivity index (χ0) is 27.0. The number of rotatable bonds is 0. The van der Waals surface area contributed by atoms with Crippen LogP contribution in [0.3, 0.4) is 0 Å². The molecular formula is C34H51N3. The highest BCUT2D eigenvalue weighted by Crippen LogP contribution is 2.20. The fourth-order valence-corrected chi connectivity index (χ4v) is 5.01. The Kier molecular flexibility index (Phi) is 14.2. The van der Waals surface area contributed by atoms with E-state index in [2.05, 4.69) is 109 Å². The molecule has 0 unspecified atom stereocenters. The molecule has 3 aromatic carbocycles. The highest BCUT2D eigenvalue weighted by atomic mass is 15.1.